The Balaban J connectivity index is 1.64. The highest BCUT2D eigenvalue weighted by atomic mass is 16.5. The van der Waals surface area contributed by atoms with E-state index in [2.05, 4.69) is 22.3 Å². The lowest BCUT2D eigenvalue weighted by atomic mass is 10.1. The van der Waals surface area contributed by atoms with Gasteiger partial charge in [0.05, 0.1) is 13.2 Å². The van der Waals surface area contributed by atoms with Crippen LogP contribution in [-0.2, 0) is 16.1 Å². The van der Waals surface area contributed by atoms with Crippen molar-refractivity contribution in [2.75, 3.05) is 26.3 Å². The van der Waals surface area contributed by atoms with E-state index in [1.165, 1.54) is 5.56 Å². The molecule has 1 N–H and O–H groups in total. The summed E-state index contributed by atoms with van der Waals surface area (Å²) in [6.45, 7) is 5.49. The van der Waals surface area contributed by atoms with E-state index in [1.54, 1.807) is 0 Å². The third-order valence-corrected chi connectivity index (χ3v) is 4.41. The van der Waals surface area contributed by atoms with Crippen molar-refractivity contribution in [3.63, 3.8) is 0 Å². The van der Waals surface area contributed by atoms with Gasteiger partial charge in [-0.2, -0.15) is 0 Å². The molecular formula is C21H26N2O3. The number of carbonyl (C=O) groups excluding carboxylic acids is 1. The van der Waals surface area contributed by atoms with Gasteiger partial charge in [0.1, 0.15) is 11.5 Å². The summed E-state index contributed by atoms with van der Waals surface area (Å²) in [7, 11) is 0. The molecule has 2 aromatic rings. The van der Waals surface area contributed by atoms with E-state index in [9.17, 15) is 4.79 Å². The van der Waals surface area contributed by atoms with Crippen molar-refractivity contribution in [2.24, 2.45) is 0 Å². The molecule has 1 unspecified atom stereocenters. The lowest BCUT2D eigenvalue weighted by Gasteiger charge is -2.35. The number of nitrogens with zero attached hydrogens (tertiary/aromatic N) is 1. The molecule has 1 atom stereocenters. The van der Waals surface area contributed by atoms with Crippen molar-refractivity contribution >= 4 is 5.91 Å². The van der Waals surface area contributed by atoms with E-state index < -0.39 is 0 Å². The molecular weight excluding hydrogens is 328 g/mol. The van der Waals surface area contributed by atoms with E-state index in [1.807, 2.05) is 49.4 Å². The predicted octanol–water partition coefficient (Wildman–Crippen LogP) is 3.21. The van der Waals surface area contributed by atoms with Gasteiger partial charge in [-0.25, -0.2) is 0 Å². The van der Waals surface area contributed by atoms with Gasteiger partial charge in [0.15, 0.2) is 0 Å². The lowest BCUT2D eigenvalue weighted by Crippen LogP contribution is -2.47. The summed E-state index contributed by atoms with van der Waals surface area (Å²) in [5.41, 5.74) is 1.17. The molecule has 2 aromatic carbocycles. The van der Waals surface area contributed by atoms with E-state index in [0.717, 1.165) is 24.6 Å². The number of nitrogens with one attached hydrogen (secondary N) is 1. The molecule has 1 fully saturated rings. The van der Waals surface area contributed by atoms with Crippen LogP contribution < -0.4 is 10.1 Å². The number of hydrogen-bond acceptors (Lipinski definition) is 4. The fraction of sp³-hybridized carbons (Fsp3) is 0.381. The summed E-state index contributed by atoms with van der Waals surface area (Å²) < 4.78 is 11.5. The minimum Gasteiger partial charge on any atom is -0.457 e. The Bertz CT molecular complexity index is 705. The van der Waals surface area contributed by atoms with Gasteiger partial charge in [0.2, 0.25) is 5.91 Å². The van der Waals surface area contributed by atoms with Crippen LogP contribution in [-0.4, -0.2) is 43.2 Å². The molecule has 0 spiro atoms. The highest BCUT2D eigenvalue weighted by Gasteiger charge is 2.25. The molecule has 0 saturated carbocycles. The Hall–Kier alpha value is -2.37. The average Bonchev–Trinajstić information content (AvgIpc) is 2.65. The molecule has 0 aliphatic carbocycles. The molecule has 0 radical (unpaired) electrons. The second kappa shape index (κ2) is 9.36. The minimum atomic E-state index is 0.0779. The van der Waals surface area contributed by atoms with Gasteiger partial charge in [-0.15, -0.1) is 0 Å². The first-order chi connectivity index (χ1) is 12.7. The van der Waals surface area contributed by atoms with Crippen LogP contribution in [0.2, 0.25) is 0 Å². The highest BCUT2D eigenvalue weighted by molar-refractivity contribution is 5.76. The SMILES string of the molecule is CCNC(=O)CC1COCCN1Cc1cccc(Oc2ccccc2)c1. The molecule has 0 aromatic heterocycles. The molecule has 138 valence electrons. The van der Waals surface area contributed by atoms with Crippen molar-refractivity contribution in [2.45, 2.75) is 25.9 Å². The maximum absolute atomic E-state index is 12.0. The Morgan fingerprint density at radius 1 is 1.19 bits per heavy atom. The van der Waals surface area contributed by atoms with E-state index >= 15 is 0 Å². The fourth-order valence-electron chi connectivity index (χ4n) is 3.14. The summed E-state index contributed by atoms with van der Waals surface area (Å²) >= 11 is 0. The van der Waals surface area contributed by atoms with Crippen LogP contribution in [0.5, 0.6) is 11.5 Å². The van der Waals surface area contributed by atoms with Crippen molar-refractivity contribution in [1.82, 2.24) is 10.2 Å². The second-order valence-electron chi connectivity index (χ2n) is 6.42. The zero-order chi connectivity index (χ0) is 18.2. The van der Waals surface area contributed by atoms with Gasteiger partial charge >= 0.3 is 0 Å². The molecule has 1 heterocycles. The molecule has 26 heavy (non-hydrogen) atoms. The van der Waals surface area contributed by atoms with Gasteiger partial charge in [-0.05, 0) is 36.8 Å². The van der Waals surface area contributed by atoms with Gasteiger partial charge in [-0.1, -0.05) is 30.3 Å². The summed E-state index contributed by atoms with van der Waals surface area (Å²) in [6.07, 6.45) is 0.466. The zero-order valence-corrected chi connectivity index (χ0v) is 15.2. The molecule has 3 rings (SSSR count). The van der Waals surface area contributed by atoms with Crippen LogP contribution in [0.1, 0.15) is 18.9 Å². The van der Waals surface area contributed by atoms with Crippen LogP contribution >= 0.6 is 0 Å². The fourth-order valence-corrected chi connectivity index (χ4v) is 3.14. The quantitative estimate of drug-likeness (QED) is 0.830. The van der Waals surface area contributed by atoms with Gasteiger partial charge in [0, 0.05) is 32.1 Å². The standard InChI is InChI=1S/C21H26N2O3/c1-2-22-21(24)14-18-16-25-12-11-23(18)15-17-7-6-10-20(13-17)26-19-8-4-3-5-9-19/h3-10,13,18H,2,11-12,14-16H2,1H3,(H,22,24). The third-order valence-electron chi connectivity index (χ3n) is 4.41. The van der Waals surface area contributed by atoms with Gasteiger partial charge in [0.25, 0.3) is 0 Å². The van der Waals surface area contributed by atoms with Crippen molar-refractivity contribution in [3.05, 3.63) is 60.2 Å². The Kier molecular flexibility index (Phi) is 6.63. The Morgan fingerprint density at radius 3 is 2.81 bits per heavy atom. The van der Waals surface area contributed by atoms with Crippen LogP contribution in [0.3, 0.4) is 0 Å². The maximum Gasteiger partial charge on any atom is 0.221 e. The molecule has 1 amide bonds. The Morgan fingerprint density at radius 2 is 2.00 bits per heavy atom. The lowest BCUT2D eigenvalue weighted by molar-refractivity contribution is -0.124. The van der Waals surface area contributed by atoms with E-state index in [-0.39, 0.29) is 11.9 Å². The number of carbonyl (C=O) groups is 1. The largest absolute Gasteiger partial charge is 0.457 e. The summed E-state index contributed by atoms with van der Waals surface area (Å²) in [5, 5.41) is 2.87. The van der Waals surface area contributed by atoms with Crippen molar-refractivity contribution in [3.8, 4) is 11.5 Å². The first-order valence-electron chi connectivity index (χ1n) is 9.15. The summed E-state index contributed by atoms with van der Waals surface area (Å²) in [5.74, 6) is 1.72. The average molecular weight is 354 g/mol. The third kappa shape index (κ3) is 5.31. The topological polar surface area (TPSA) is 50.8 Å². The number of para-hydroxylation sites is 1. The molecule has 1 aliphatic rings. The summed E-state index contributed by atoms with van der Waals surface area (Å²) in [6, 6.07) is 18.0. The second-order valence-corrected chi connectivity index (χ2v) is 6.42. The molecule has 1 saturated heterocycles. The predicted molar refractivity (Wildman–Crippen MR) is 101 cm³/mol. The number of benzene rings is 2. The van der Waals surface area contributed by atoms with Crippen LogP contribution in [0.15, 0.2) is 54.6 Å². The number of ether oxygens (including phenoxy) is 2. The van der Waals surface area contributed by atoms with Crippen molar-refractivity contribution in [1.29, 1.82) is 0 Å². The monoisotopic (exact) mass is 354 g/mol. The van der Waals surface area contributed by atoms with Crippen molar-refractivity contribution < 1.29 is 14.3 Å². The first-order valence-corrected chi connectivity index (χ1v) is 9.15. The normalized spacial score (nSPS) is 17.7. The maximum atomic E-state index is 12.0. The molecule has 5 nitrogen and oxygen atoms in total. The van der Waals surface area contributed by atoms with Crippen LogP contribution in [0, 0.1) is 0 Å². The molecule has 5 heteroatoms. The molecule has 0 bridgehead atoms. The highest BCUT2D eigenvalue weighted by Crippen LogP contribution is 2.23. The summed E-state index contributed by atoms with van der Waals surface area (Å²) in [4.78, 5) is 14.3. The number of morpholine rings is 1. The minimum absolute atomic E-state index is 0.0779. The Labute approximate surface area is 154 Å². The van der Waals surface area contributed by atoms with E-state index in [4.69, 9.17) is 9.47 Å². The van der Waals surface area contributed by atoms with E-state index in [0.29, 0.717) is 26.2 Å². The van der Waals surface area contributed by atoms with Gasteiger partial charge in [-0.3, -0.25) is 9.69 Å². The first kappa shape index (κ1) is 18.4. The van der Waals surface area contributed by atoms with Gasteiger partial charge < -0.3 is 14.8 Å². The van der Waals surface area contributed by atoms with Crippen LogP contribution in [0.25, 0.3) is 0 Å². The zero-order valence-electron chi connectivity index (χ0n) is 15.2. The number of rotatable bonds is 7. The smallest absolute Gasteiger partial charge is 0.221 e. The number of amides is 1. The number of hydrogen-bond donors (Lipinski definition) is 1. The molecule has 1 aliphatic heterocycles. The van der Waals surface area contributed by atoms with Crippen LogP contribution in [0.4, 0.5) is 0 Å².